The largest absolute Gasteiger partial charge is 0.454 e. The van der Waals surface area contributed by atoms with E-state index in [0.717, 1.165) is 23.0 Å². The summed E-state index contributed by atoms with van der Waals surface area (Å²) in [6.45, 7) is 0.255. The first-order chi connectivity index (χ1) is 11.3. The lowest BCUT2D eigenvalue weighted by Crippen LogP contribution is -2.03. The molecule has 116 valence electrons. The van der Waals surface area contributed by atoms with Crippen LogP contribution in [0.4, 0.5) is 23.3 Å². The first-order valence-electron chi connectivity index (χ1n) is 7.03. The molecule has 0 spiro atoms. The second kappa shape index (κ2) is 5.48. The zero-order valence-electron chi connectivity index (χ0n) is 12.4. The third kappa shape index (κ3) is 2.73. The van der Waals surface area contributed by atoms with Crippen LogP contribution >= 0.6 is 0 Å². The Labute approximate surface area is 132 Å². The molecule has 1 aliphatic rings. The van der Waals surface area contributed by atoms with Crippen molar-refractivity contribution in [1.82, 2.24) is 19.7 Å². The van der Waals surface area contributed by atoms with E-state index in [1.54, 1.807) is 23.1 Å². The van der Waals surface area contributed by atoms with Crippen LogP contribution in [0.3, 0.4) is 0 Å². The van der Waals surface area contributed by atoms with Gasteiger partial charge in [0, 0.05) is 31.1 Å². The number of nitrogens with one attached hydrogen (secondary N) is 2. The standard InChI is InChI=1S/C15H14N6O2/c1-21-14(5-7-17-21)20-15-16-6-4-13(19-15)18-10-2-3-11-12(8-10)23-9-22-11/h2-8H,9H2,1H3,(H2,16,18,19,20). The Morgan fingerprint density at radius 3 is 2.83 bits per heavy atom. The fraction of sp³-hybridized carbons (Fsp3) is 0.133. The first kappa shape index (κ1) is 13.4. The number of benzene rings is 1. The molecule has 0 fully saturated rings. The maximum absolute atomic E-state index is 5.37. The van der Waals surface area contributed by atoms with Gasteiger partial charge in [0.1, 0.15) is 11.6 Å². The second-order valence-electron chi connectivity index (χ2n) is 4.92. The molecule has 3 aromatic rings. The lowest BCUT2D eigenvalue weighted by Gasteiger charge is -2.09. The molecule has 0 atom stereocenters. The average Bonchev–Trinajstić information content (AvgIpc) is 3.17. The van der Waals surface area contributed by atoms with Crippen molar-refractivity contribution in [3.05, 3.63) is 42.7 Å². The van der Waals surface area contributed by atoms with Crippen LogP contribution in [0.5, 0.6) is 11.5 Å². The Kier molecular flexibility index (Phi) is 3.19. The van der Waals surface area contributed by atoms with Gasteiger partial charge in [0.2, 0.25) is 12.7 Å². The molecule has 2 N–H and O–H groups in total. The van der Waals surface area contributed by atoms with Crippen LogP contribution in [0.1, 0.15) is 0 Å². The van der Waals surface area contributed by atoms with Gasteiger partial charge in [-0.2, -0.15) is 10.1 Å². The lowest BCUT2D eigenvalue weighted by atomic mass is 10.3. The number of hydrogen-bond donors (Lipinski definition) is 2. The van der Waals surface area contributed by atoms with Gasteiger partial charge in [-0.25, -0.2) is 4.98 Å². The van der Waals surface area contributed by atoms with Crippen molar-refractivity contribution >= 4 is 23.3 Å². The minimum absolute atomic E-state index is 0.255. The van der Waals surface area contributed by atoms with Crippen molar-refractivity contribution in [3.63, 3.8) is 0 Å². The predicted molar refractivity (Wildman–Crippen MR) is 84.4 cm³/mol. The zero-order valence-corrected chi connectivity index (χ0v) is 12.4. The molecule has 3 heterocycles. The molecule has 23 heavy (non-hydrogen) atoms. The summed E-state index contributed by atoms with van der Waals surface area (Å²) in [6.07, 6.45) is 3.39. The van der Waals surface area contributed by atoms with Crippen molar-refractivity contribution in [2.75, 3.05) is 17.4 Å². The number of ether oxygens (including phenoxy) is 2. The van der Waals surface area contributed by atoms with Gasteiger partial charge in [0.15, 0.2) is 11.5 Å². The third-order valence-corrected chi connectivity index (χ3v) is 3.36. The van der Waals surface area contributed by atoms with Crippen LogP contribution in [-0.4, -0.2) is 26.5 Å². The molecular weight excluding hydrogens is 296 g/mol. The SMILES string of the molecule is Cn1nccc1Nc1nccc(Nc2ccc3c(c2)OCO3)n1. The molecule has 2 aromatic heterocycles. The van der Waals surface area contributed by atoms with Crippen LogP contribution in [-0.2, 0) is 7.05 Å². The van der Waals surface area contributed by atoms with E-state index in [1.165, 1.54) is 0 Å². The Hall–Kier alpha value is -3.29. The van der Waals surface area contributed by atoms with Crippen LogP contribution in [0.25, 0.3) is 0 Å². The molecule has 1 aliphatic heterocycles. The lowest BCUT2D eigenvalue weighted by molar-refractivity contribution is 0.174. The van der Waals surface area contributed by atoms with Gasteiger partial charge in [0.25, 0.3) is 0 Å². The molecule has 0 radical (unpaired) electrons. The highest BCUT2D eigenvalue weighted by Gasteiger charge is 2.13. The van der Waals surface area contributed by atoms with Crippen LogP contribution in [0.2, 0.25) is 0 Å². The van der Waals surface area contributed by atoms with Crippen LogP contribution < -0.4 is 20.1 Å². The number of fused-ring (bicyclic) bond motifs is 1. The molecule has 8 heteroatoms. The molecule has 8 nitrogen and oxygen atoms in total. The molecule has 0 unspecified atom stereocenters. The summed E-state index contributed by atoms with van der Waals surface area (Å²) in [7, 11) is 1.84. The fourth-order valence-corrected chi connectivity index (χ4v) is 2.22. The summed E-state index contributed by atoms with van der Waals surface area (Å²) in [5.74, 6) is 3.43. The van der Waals surface area contributed by atoms with Crippen molar-refractivity contribution in [2.45, 2.75) is 0 Å². The molecule has 0 saturated heterocycles. The van der Waals surface area contributed by atoms with E-state index in [2.05, 4.69) is 25.7 Å². The highest BCUT2D eigenvalue weighted by molar-refractivity contribution is 5.62. The topological polar surface area (TPSA) is 86.1 Å². The number of aryl methyl sites for hydroxylation is 1. The van der Waals surface area contributed by atoms with Crippen LogP contribution in [0.15, 0.2) is 42.7 Å². The Morgan fingerprint density at radius 2 is 1.96 bits per heavy atom. The van der Waals surface area contributed by atoms with E-state index in [1.807, 2.05) is 31.3 Å². The fourth-order valence-electron chi connectivity index (χ4n) is 2.22. The summed E-state index contributed by atoms with van der Waals surface area (Å²) >= 11 is 0. The first-order valence-corrected chi connectivity index (χ1v) is 7.03. The summed E-state index contributed by atoms with van der Waals surface area (Å²) < 4.78 is 12.4. The van der Waals surface area contributed by atoms with E-state index in [4.69, 9.17) is 9.47 Å². The summed E-state index contributed by atoms with van der Waals surface area (Å²) in [4.78, 5) is 8.64. The highest BCUT2D eigenvalue weighted by Crippen LogP contribution is 2.34. The van der Waals surface area contributed by atoms with Gasteiger partial charge >= 0.3 is 0 Å². The second-order valence-corrected chi connectivity index (χ2v) is 4.92. The van der Waals surface area contributed by atoms with E-state index in [-0.39, 0.29) is 6.79 Å². The van der Waals surface area contributed by atoms with Gasteiger partial charge in [-0.1, -0.05) is 0 Å². The van der Waals surface area contributed by atoms with Crippen molar-refractivity contribution in [2.24, 2.45) is 7.05 Å². The Morgan fingerprint density at radius 1 is 1.04 bits per heavy atom. The van der Waals surface area contributed by atoms with Crippen LogP contribution in [0, 0.1) is 0 Å². The minimum atomic E-state index is 0.255. The Bertz CT molecular complexity index is 847. The van der Waals surface area contributed by atoms with Gasteiger partial charge in [0.05, 0.1) is 6.20 Å². The average molecular weight is 310 g/mol. The van der Waals surface area contributed by atoms with E-state index < -0.39 is 0 Å². The Balaban J connectivity index is 1.53. The normalized spacial score (nSPS) is 12.2. The molecule has 4 rings (SSSR count). The maximum atomic E-state index is 5.37. The predicted octanol–water partition coefficient (Wildman–Crippen LogP) is 2.43. The van der Waals surface area contributed by atoms with Gasteiger partial charge < -0.3 is 20.1 Å². The monoisotopic (exact) mass is 310 g/mol. The third-order valence-electron chi connectivity index (χ3n) is 3.36. The van der Waals surface area contributed by atoms with Gasteiger partial charge in [-0.15, -0.1) is 0 Å². The molecule has 0 aliphatic carbocycles. The number of anilines is 4. The molecular formula is C15H14N6O2. The van der Waals surface area contributed by atoms with Gasteiger partial charge in [-0.3, -0.25) is 4.68 Å². The minimum Gasteiger partial charge on any atom is -0.454 e. The summed E-state index contributed by atoms with van der Waals surface area (Å²) in [5.41, 5.74) is 0.861. The quantitative estimate of drug-likeness (QED) is 0.765. The summed E-state index contributed by atoms with van der Waals surface area (Å²) in [6, 6.07) is 9.28. The van der Waals surface area contributed by atoms with Crippen molar-refractivity contribution in [3.8, 4) is 11.5 Å². The zero-order chi connectivity index (χ0) is 15.6. The number of hydrogen-bond acceptors (Lipinski definition) is 7. The van der Waals surface area contributed by atoms with E-state index >= 15 is 0 Å². The molecule has 0 amide bonds. The van der Waals surface area contributed by atoms with Crippen molar-refractivity contribution < 1.29 is 9.47 Å². The molecule has 0 bridgehead atoms. The van der Waals surface area contributed by atoms with E-state index in [9.17, 15) is 0 Å². The number of rotatable bonds is 4. The number of aromatic nitrogens is 4. The smallest absolute Gasteiger partial charge is 0.231 e. The van der Waals surface area contributed by atoms with Crippen molar-refractivity contribution in [1.29, 1.82) is 0 Å². The number of nitrogens with zero attached hydrogens (tertiary/aromatic N) is 4. The van der Waals surface area contributed by atoms with Gasteiger partial charge in [-0.05, 0) is 18.2 Å². The van der Waals surface area contributed by atoms with E-state index in [0.29, 0.717) is 11.8 Å². The molecule has 1 aromatic carbocycles. The highest BCUT2D eigenvalue weighted by atomic mass is 16.7. The summed E-state index contributed by atoms with van der Waals surface area (Å²) in [5, 5.41) is 10.4. The maximum Gasteiger partial charge on any atom is 0.231 e. The molecule has 0 saturated carbocycles.